The van der Waals surface area contributed by atoms with Gasteiger partial charge in [0.25, 0.3) is 0 Å². The van der Waals surface area contributed by atoms with Crippen LogP contribution in [0.15, 0.2) is 12.1 Å². The number of alkyl halides is 1. The summed E-state index contributed by atoms with van der Waals surface area (Å²) in [6.45, 7) is 3.91. The molecule has 0 amide bonds. The Morgan fingerprint density at radius 1 is 1.41 bits per heavy atom. The molecule has 1 aromatic carbocycles. The van der Waals surface area contributed by atoms with E-state index in [4.69, 9.17) is 11.6 Å². The molecule has 0 radical (unpaired) electrons. The maximum Gasteiger partial charge on any atom is 0.184 e. The molecule has 0 aliphatic carbocycles. The molecule has 1 unspecified atom stereocenters. The Kier molecular flexibility index (Phi) is 3.33. The van der Waals surface area contributed by atoms with Crippen LogP contribution in [0.5, 0.6) is 0 Å². The highest BCUT2D eigenvalue weighted by Crippen LogP contribution is 2.27. The van der Waals surface area contributed by atoms with Crippen LogP contribution < -0.4 is 0 Å². The van der Waals surface area contributed by atoms with Crippen LogP contribution in [0.4, 0.5) is 8.78 Å². The minimum atomic E-state index is -0.858. The molecule has 0 spiro atoms. The van der Waals surface area contributed by atoms with Crippen molar-refractivity contribution in [3.8, 4) is 0 Å². The molecule has 1 atom stereocenters. The van der Waals surface area contributed by atoms with Crippen LogP contribution >= 0.6 is 11.6 Å². The van der Waals surface area contributed by atoms with Crippen LogP contribution in [0.1, 0.15) is 32.1 Å². The molecule has 1 heterocycles. The van der Waals surface area contributed by atoms with Crippen molar-refractivity contribution in [1.82, 2.24) is 9.55 Å². The zero-order valence-electron chi connectivity index (χ0n) is 9.67. The van der Waals surface area contributed by atoms with Gasteiger partial charge in [-0.25, -0.2) is 13.8 Å². The SMILES string of the molecule is CCC(C)n1c(CCl)nc2ccc(F)c(F)c21. The van der Waals surface area contributed by atoms with Gasteiger partial charge in [0.1, 0.15) is 11.3 Å². The fraction of sp³-hybridized carbons (Fsp3) is 0.417. The molecule has 0 saturated heterocycles. The Hall–Kier alpha value is -1.16. The van der Waals surface area contributed by atoms with E-state index in [2.05, 4.69) is 4.98 Å². The van der Waals surface area contributed by atoms with Crippen molar-refractivity contribution in [1.29, 1.82) is 0 Å². The van der Waals surface area contributed by atoms with Crippen LogP contribution in [-0.4, -0.2) is 9.55 Å². The number of fused-ring (bicyclic) bond motifs is 1. The fourth-order valence-electron chi connectivity index (χ4n) is 1.92. The highest BCUT2D eigenvalue weighted by molar-refractivity contribution is 6.16. The number of hydrogen-bond donors (Lipinski definition) is 0. The Bertz CT molecular complexity index is 551. The normalized spacial score (nSPS) is 13.2. The van der Waals surface area contributed by atoms with Gasteiger partial charge in [-0.2, -0.15) is 0 Å². The number of hydrogen-bond acceptors (Lipinski definition) is 1. The van der Waals surface area contributed by atoms with E-state index >= 15 is 0 Å². The molecule has 2 aromatic rings. The summed E-state index contributed by atoms with van der Waals surface area (Å²) < 4.78 is 28.8. The molecule has 92 valence electrons. The minimum Gasteiger partial charge on any atom is -0.322 e. The average molecular weight is 259 g/mol. The number of rotatable bonds is 3. The van der Waals surface area contributed by atoms with Gasteiger partial charge in [0.15, 0.2) is 11.6 Å². The van der Waals surface area contributed by atoms with Crippen molar-refractivity contribution in [2.75, 3.05) is 0 Å². The third-order valence-electron chi connectivity index (χ3n) is 2.97. The predicted octanol–water partition coefficient (Wildman–Crippen LogP) is 4.02. The number of aromatic nitrogens is 2. The van der Waals surface area contributed by atoms with E-state index in [9.17, 15) is 8.78 Å². The first-order valence-corrected chi connectivity index (χ1v) is 6.04. The summed E-state index contributed by atoms with van der Waals surface area (Å²) in [5, 5.41) is 0. The monoisotopic (exact) mass is 258 g/mol. The van der Waals surface area contributed by atoms with Gasteiger partial charge in [-0.15, -0.1) is 11.6 Å². The van der Waals surface area contributed by atoms with E-state index < -0.39 is 11.6 Å². The Morgan fingerprint density at radius 2 is 2.12 bits per heavy atom. The molecule has 0 N–H and O–H groups in total. The maximum atomic E-state index is 13.8. The number of nitrogens with zero attached hydrogens (tertiary/aromatic N) is 2. The zero-order valence-corrected chi connectivity index (χ0v) is 10.4. The molecule has 0 bridgehead atoms. The largest absolute Gasteiger partial charge is 0.322 e. The smallest absolute Gasteiger partial charge is 0.184 e. The van der Waals surface area contributed by atoms with Gasteiger partial charge in [0.05, 0.1) is 11.4 Å². The first-order chi connectivity index (χ1) is 8.10. The zero-order chi connectivity index (χ0) is 12.6. The fourth-order valence-corrected chi connectivity index (χ4v) is 2.11. The first kappa shape index (κ1) is 12.3. The molecule has 17 heavy (non-hydrogen) atoms. The molecule has 0 saturated carbocycles. The quantitative estimate of drug-likeness (QED) is 0.760. The van der Waals surface area contributed by atoms with Crippen molar-refractivity contribution in [3.63, 3.8) is 0 Å². The van der Waals surface area contributed by atoms with Gasteiger partial charge < -0.3 is 4.57 Å². The van der Waals surface area contributed by atoms with E-state index in [0.29, 0.717) is 11.3 Å². The van der Waals surface area contributed by atoms with E-state index in [0.717, 1.165) is 12.5 Å². The number of benzene rings is 1. The van der Waals surface area contributed by atoms with Crippen molar-refractivity contribution in [2.24, 2.45) is 0 Å². The summed E-state index contributed by atoms with van der Waals surface area (Å²) in [4.78, 5) is 4.23. The summed E-state index contributed by atoms with van der Waals surface area (Å²) in [5.74, 6) is -0.963. The second-order valence-electron chi connectivity index (χ2n) is 4.02. The lowest BCUT2D eigenvalue weighted by Crippen LogP contribution is -2.08. The van der Waals surface area contributed by atoms with Gasteiger partial charge in [-0.05, 0) is 25.5 Å². The van der Waals surface area contributed by atoms with Gasteiger partial charge in [0.2, 0.25) is 0 Å². The average Bonchev–Trinajstić information content (AvgIpc) is 2.72. The first-order valence-electron chi connectivity index (χ1n) is 5.50. The van der Waals surface area contributed by atoms with Crippen LogP contribution in [0, 0.1) is 11.6 Å². The highest BCUT2D eigenvalue weighted by atomic mass is 35.5. The maximum absolute atomic E-state index is 13.8. The lowest BCUT2D eigenvalue weighted by atomic mass is 10.2. The van der Waals surface area contributed by atoms with Gasteiger partial charge in [0, 0.05) is 6.04 Å². The van der Waals surface area contributed by atoms with Crippen molar-refractivity contribution < 1.29 is 8.78 Å². The van der Waals surface area contributed by atoms with Gasteiger partial charge in [-0.1, -0.05) is 6.92 Å². The van der Waals surface area contributed by atoms with Crippen molar-refractivity contribution >= 4 is 22.6 Å². The molecule has 0 aliphatic rings. The van der Waals surface area contributed by atoms with E-state index in [-0.39, 0.29) is 17.4 Å². The summed E-state index contributed by atoms with van der Waals surface area (Å²) in [6, 6.07) is 2.59. The van der Waals surface area contributed by atoms with E-state index in [1.54, 1.807) is 4.57 Å². The molecule has 0 fully saturated rings. The third-order valence-corrected chi connectivity index (χ3v) is 3.21. The Labute approximate surface area is 103 Å². The Morgan fingerprint density at radius 3 is 2.71 bits per heavy atom. The van der Waals surface area contributed by atoms with Crippen LogP contribution in [0.3, 0.4) is 0 Å². The summed E-state index contributed by atoms with van der Waals surface area (Å²) in [7, 11) is 0. The van der Waals surface area contributed by atoms with Gasteiger partial charge >= 0.3 is 0 Å². The Balaban J connectivity index is 2.80. The molecular weight excluding hydrogens is 246 g/mol. The van der Waals surface area contributed by atoms with Crippen molar-refractivity contribution in [3.05, 3.63) is 29.6 Å². The van der Waals surface area contributed by atoms with E-state index in [1.165, 1.54) is 6.07 Å². The lowest BCUT2D eigenvalue weighted by Gasteiger charge is -2.15. The number of imidazole rings is 1. The van der Waals surface area contributed by atoms with E-state index in [1.807, 2.05) is 13.8 Å². The van der Waals surface area contributed by atoms with Crippen LogP contribution in [0.25, 0.3) is 11.0 Å². The highest BCUT2D eigenvalue weighted by Gasteiger charge is 2.19. The second-order valence-corrected chi connectivity index (χ2v) is 4.29. The number of halogens is 3. The third kappa shape index (κ3) is 1.90. The van der Waals surface area contributed by atoms with Crippen LogP contribution in [0.2, 0.25) is 0 Å². The molecule has 2 rings (SSSR count). The predicted molar refractivity (Wildman–Crippen MR) is 64.2 cm³/mol. The second kappa shape index (κ2) is 4.61. The van der Waals surface area contributed by atoms with Crippen LogP contribution in [-0.2, 0) is 5.88 Å². The molecule has 5 heteroatoms. The summed E-state index contributed by atoms with van der Waals surface area (Å²) >= 11 is 5.80. The topological polar surface area (TPSA) is 17.8 Å². The molecule has 0 aliphatic heterocycles. The van der Waals surface area contributed by atoms with Crippen molar-refractivity contribution in [2.45, 2.75) is 32.2 Å². The summed E-state index contributed by atoms with van der Waals surface area (Å²) in [6.07, 6.45) is 0.797. The lowest BCUT2D eigenvalue weighted by molar-refractivity contribution is 0.491. The minimum absolute atomic E-state index is 0.0325. The molecule has 2 nitrogen and oxygen atoms in total. The van der Waals surface area contributed by atoms with Gasteiger partial charge in [-0.3, -0.25) is 0 Å². The summed E-state index contributed by atoms with van der Waals surface area (Å²) in [5.41, 5.74) is 0.648. The standard InChI is InChI=1S/C12H13ClF2N2/c1-3-7(2)17-10(6-13)16-9-5-4-8(14)11(15)12(9)17/h4-5,7H,3,6H2,1-2H3. The molecule has 1 aromatic heterocycles. The molecular formula is C12H13ClF2N2.